The van der Waals surface area contributed by atoms with E-state index in [1.54, 1.807) is 12.1 Å². The number of nitrogens with two attached hydrogens (primary N) is 1. The van der Waals surface area contributed by atoms with Crippen molar-refractivity contribution in [1.82, 2.24) is 4.72 Å². The van der Waals surface area contributed by atoms with Gasteiger partial charge in [-0.2, -0.15) is 0 Å². The standard InChI is InChI=1S/C18H25IN2O2S.ClH/c19-17-11-7-10-16-15(17)9-8-12-18(16)24(22,23)21-14-6-4-2-1-3-5-13-20;/h7-12,21H,1-6,13-14,20H2;1H. The molecule has 0 amide bonds. The fourth-order valence-corrected chi connectivity index (χ4v) is 4.71. The molecular formula is C18H26ClIN2O2S. The van der Waals surface area contributed by atoms with Crippen molar-refractivity contribution < 1.29 is 8.42 Å². The highest BCUT2D eigenvalue weighted by Gasteiger charge is 2.17. The molecule has 0 unspecified atom stereocenters. The minimum atomic E-state index is -3.47. The van der Waals surface area contributed by atoms with Gasteiger partial charge >= 0.3 is 0 Å². The monoisotopic (exact) mass is 496 g/mol. The third kappa shape index (κ3) is 6.67. The van der Waals surface area contributed by atoms with Gasteiger partial charge in [0.1, 0.15) is 0 Å². The minimum absolute atomic E-state index is 0. The van der Waals surface area contributed by atoms with Crippen molar-refractivity contribution in [3.63, 3.8) is 0 Å². The number of halogens is 2. The lowest BCUT2D eigenvalue weighted by Gasteiger charge is -2.10. The third-order valence-corrected chi connectivity index (χ3v) is 6.50. The molecule has 0 saturated carbocycles. The Kier molecular flexibility index (Phi) is 10.3. The fourth-order valence-electron chi connectivity index (χ4n) is 2.74. The van der Waals surface area contributed by atoms with E-state index in [1.165, 1.54) is 6.42 Å². The summed E-state index contributed by atoms with van der Waals surface area (Å²) in [5.41, 5.74) is 5.47. The smallest absolute Gasteiger partial charge is 0.241 e. The van der Waals surface area contributed by atoms with E-state index in [9.17, 15) is 8.42 Å². The zero-order valence-corrected chi connectivity index (χ0v) is 18.0. The first kappa shape index (κ1) is 22.6. The average Bonchev–Trinajstić information content (AvgIpc) is 2.57. The minimum Gasteiger partial charge on any atom is -0.330 e. The lowest BCUT2D eigenvalue weighted by atomic mass is 10.1. The predicted octanol–water partition coefficient (Wildman–Crippen LogP) is 4.44. The van der Waals surface area contributed by atoms with Gasteiger partial charge in [0.2, 0.25) is 10.0 Å². The largest absolute Gasteiger partial charge is 0.330 e. The molecule has 2 aromatic carbocycles. The summed E-state index contributed by atoms with van der Waals surface area (Å²) in [6.45, 7) is 1.24. The predicted molar refractivity (Wildman–Crippen MR) is 116 cm³/mol. The molecular weight excluding hydrogens is 471 g/mol. The highest BCUT2D eigenvalue weighted by Crippen LogP contribution is 2.26. The molecule has 25 heavy (non-hydrogen) atoms. The Labute approximate surface area is 170 Å². The molecule has 0 spiro atoms. The van der Waals surface area contributed by atoms with Gasteiger partial charge in [0, 0.05) is 15.5 Å². The first-order chi connectivity index (χ1) is 11.6. The number of fused-ring (bicyclic) bond motifs is 1. The number of benzene rings is 2. The van der Waals surface area contributed by atoms with E-state index >= 15 is 0 Å². The topological polar surface area (TPSA) is 72.2 Å². The summed E-state index contributed by atoms with van der Waals surface area (Å²) >= 11 is 2.23. The number of hydrogen-bond acceptors (Lipinski definition) is 3. The van der Waals surface area contributed by atoms with E-state index in [1.807, 2.05) is 24.3 Å². The Morgan fingerprint density at radius 1 is 0.880 bits per heavy atom. The van der Waals surface area contributed by atoms with Gasteiger partial charge in [-0.3, -0.25) is 0 Å². The third-order valence-electron chi connectivity index (χ3n) is 4.04. The molecule has 0 bridgehead atoms. The molecule has 0 aliphatic rings. The highest BCUT2D eigenvalue weighted by molar-refractivity contribution is 14.1. The van der Waals surface area contributed by atoms with Crippen LogP contribution in [0.5, 0.6) is 0 Å². The van der Waals surface area contributed by atoms with Gasteiger partial charge in [-0.25, -0.2) is 13.1 Å². The van der Waals surface area contributed by atoms with Crippen LogP contribution in [0.15, 0.2) is 41.3 Å². The zero-order valence-electron chi connectivity index (χ0n) is 14.2. The quantitative estimate of drug-likeness (QED) is 0.377. The van der Waals surface area contributed by atoms with Crippen LogP contribution in [0.3, 0.4) is 0 Å². The number of rotatable bonds is 10. The molecule has 0 atom stereocenters. The summed E-state index contributed by atoms with van der Waals surface area (Å²) in [5.74, 6) is 0. The summed E-state index contributed by atoms with van der Waals surface area (Å²) in [6.07, 6.45) is 6.45. The first-order valence-corrected chi connectivity index (χ1v) is 11.0. The van der Waals surface area contributed by atoms with Crippen LogP contribution in [0.1, 0.15) is 38.5 Å². The van der Waals surface area contributed by atoms with Crippen molar-refractivity contribution in [2.24, 2.45) is 5.73 Å². The van der Waals surface area contributed by atoms with Crippen LogP contribution in [0, 0.1) is 3.57 Å². The Hall–Kier alpha value is -0.410. The van der Waals surface area contributed by atoms with Crippen molar-refractivity contribution >= 4 is 55.8 Å². The molecule has 140 valence electrons. The lowest BCUT2D eigenvalue weighted by Crippen LogP contribution is -2.25. The maximum atomic E-state index is 12.6. The van der Waals surface area contributed by atoms with E-state index in [0.29, 0.717) is 11.4 Å². The second kappa shape index (κ2) is 11.3. The Morgan fingerprint density at radius 2 is 1.48 bits per heavy atom. The maximum Gasteiger partial charge on any atom is 0.241 e. The molecule has 4 nitrogen and oxygen atoms in total. The molecule has 2 rings (SSSR count). The second-order valence-electron chi connectivity index (χ2n) is 5.90. The SMILES string of the molecule is Cl.NCCCCCCCCNS(=O)(=O)c1cccc2c(I)cccc12. The normalized spacial score (nSPS) is 11.4. The Bertz CT molecular complexity index is 769. The van der Waals surface area contributed by atoms with Gasteiger partial charge in [0.25, 0.3) is 0 Å². The van der Waals surface area contributed by atoms with Gasteiger partial charge in [-0.05, 0) is 59.5 Å². The van der Waals surface area contributed by atoms with Crippen LogP contribution in [-0.4, -0.2) is 21.5 Å². The van der Waals surface area contributed by atoms with E-state index < -0.39 is 10.0 Å². The summed E-state index contributed by atoms with van der Waals surface area (Å²) in [5, 5.41) is 1.75. The number of nitrogens with one attached hydrogen (secondary N) is 1. The van der Waals surface area contributed by atoms with Crippen LogP contribution in [0.4, 0.5) is 0 Å². The van der Waals surface area contributed by atoms with Crippen molar-refractivity contribution in [2.45, 2.75) is 43.4 Å². The van der Waals surface area contributed by atoms with E-state index in [4.69, 9.17) is 5.73 Å². The van der Waals surface area contributed by atoms with Gasteiger partial charge in [-0.15, -0.1) is 12.4 Å². The second-order valence-corrected chi connectivity index (χ2v) is 8.80. The van der Waals surface area contributed by atoms with Crippen molar-refractivity contribution in [2.75, 3.05) is 13.1 Å². The molecule has 0 fully saturated rings. The summed E-state index contributed by atoms with van der Waals surface area (Å²) in [6, 6.07) is 11.2. The van der Waals surface area contributed by atoms with Crippen LogP contribution in [0.25, 0.3) is 10.8 Å². The van der Waals surface area contributed by atoms with Gasteiger partial charge in [-0.1, -0.05) is 49.9 Å². The van der Waals surface area contributed by atoms with Gasteiger partial charge in [0.15, 0.2) is 0 Å². The first-order valence-electron chi connectivity index (χ1n) is 8.43. The molecule has 0 saturated heterocycles. The summed E-state index contributed by atoms with van der Waals surface area (Å²) in [4.78, 5) is 0.362. The fraction of sp³-hybridized carbons (Fsp3) is 0.444. The zero-order chi connectivity index (χ0) is 17.4. The molecule has 0 aliphatic carbocycles. The van der Waals surface area contributed by atoms with Crippen LogP contribution in [0.2, 0.25) is 0 Å². The Balaban J connectivity index is 0.00000312. The van der Waals surface area contributed by atoms with Crippen LogP contribution < -0.4 is 10.5 Å². The van der Waals surface area contributed by atoms with Gasteiger partial charge in [0.05, 0.1) is 4.90 Å². The number of hydrogen-bond donors (Lipinski definition) is 2. The molecule has 0 heterocycles. The highest BCUT2D eigenvalue weighted by atomic mass is 127. The summed E-state index contributed by atoms with van der Waals surface area (Å²) in [7, 11) is -3.47. The van der Waals surface area contributed by atoms with Crippen LogP contribution in [-0.2, 0) is 10.0 Å². The van der Waals surface area contributed by atoms with Crippen molar-refractivity contribution in [3.05, 3.63) is 40.0 Å². The average molecular weight is 497 g/mol. The van der Waals surface area contributed by atoms with Crippen LogP contribution >= 0.6 is 35.0 Å². The molecule has 0 radical (unpaired) electrons. The maximum absolute atomic E-state index is 12.6. The summed E-state index contributed by atoms with van der Waals surface area (Å²) < 4.78 is 29.0. The van der Waals surface area contributed by atoms with Gasteiger partial charge < -0.3 is 5.73 Å². The van der Waals surface area contributed by atoms with E-state index in [0.717, 1.165) is 53.0 Å². The molecule has 0 aromatic heterocycles. The Morgan fingerprint density at radius 3 is 2.20 bits per heavy atom. The molecule has 3 N–H and O–H groups in total. The van der Waals surface area contributed by atoms with E-state index in [-0.39, 0.29) is 12.4 Å². The molecule has 2 aromatic rings. The molecule has 0 aliphatic heterocycles. The number of unbranched alkanes of at least 4 members (excludes halogenated alkanes) is 5. The van der Waals surface area contributed by atoms with Crippen molar-refractivity contribution in [1.29, 1.82) is 0 Å². The van der Waals surface area contributed by atoms with Crippen molar-refractivity contribution in [3.8, 4) is 0 Å². The lowest BCUT2D eigenvalue weighted by molar-refractivity contribution is 0.566. The molecule has 7 heteroatoms. The number of sulfonamides is 1. The van der Waals surface area contributed by atoms with E-state index in [2.05, 4.69) is 27.3 Å².